The van der Waals surface area contributed by atoms with Gasteiger partial charge in [0, 0.05) is 5.56 Å². The summed E-state index contributed by atoms with van der Waals surface area (Å²) < 4.78 is 34.9. The Balaban J connectivity index is 1.89. The van der Waals surface area contributed by atoms with Gasteiger partial charge in [-0.05, 0) is 37.3 Å². The van der Waals surface area contributed by atoms with E-state index in [0.29, 0.717) is 33.9 Å². The van der Waals surface area contributed by atoms with Crippen molar-refractivity contribution in [3.05, 3.63) is 48.3 Å². The maximum absolute atomic E-state index is 11.5. The Morgan fingerprint density at radius 3 is 2.62 bits per heavy atom. The molecule has 0 bridgehead atoms. The summed E-state index contributed by atoms with van der Waals surface area (Å²) >= 11 is 0. The molecule has 2 aromatic carbocycles. The fraction of sp³-hybridized carbons (Fsp3) is 0.125. The molecule has 0 aliphatic carbocycles. The number of oxazole rings is 1. The van der Waals surface area contributed by atoms with E-state index in [1.165, 1.54) is 4.73 Å². The van der Waals surface area contributed by atoms with Gasteiger partial charge >= 0.3 is 10.1 Å². The van der Waals surface area contributed by atoms with Crippen molar-refractivity contribution in [2.24, 2.45) is 0 Å². The third kappa shape index (κ3) is 2.50. The summed E-state index contributed by atoms with van der Waals surface area (Å²) in [7, 11) is -3.68. The number of fused-ring (bicyclic) bond motifs is 2. The van der Waals surface area contributed by atoms with Crippen LogP contribution in [0.15, 0.2) is 46.9 Å². The second-order valence-electron chi connectivity index (χ2n) is 5.42. The van der Waals surface area contributed by atoms with Crippen LogP contribution in [0.4, 0.5) is 0 Å². The average Bonchev–Trinajstić information content (AvgIpc) is 3.07. The Labute approximate surface area is 137 Å². The maximum atomic E-state index is 11.5. The van der Waals surface area contributed by atoms with Crippen LogP contribution < -0.4 is 4.28 Å². The van der Waals surface area contributed by atoms with E-state index in [-0.39, 0.29) is 0 Å². The molecule has 4 rings (SSSR count). The van der Waals surface area contributed by atoms with Crippen LogP contribution in [0, 0.1) is 6.92 Å². The zero-order chi connectivity index (χ0) is 16.9. The first-order chi connectivity index (χ1) is 11.4. The van der Waals surface area contributed by atoms with E-state index in [0.717, 1.165) is 11.8 Å². The van der Waals surface area contributed by atoms with E-state index in [9.17, 15) is 8.42 Å². The monoisotopic (exact) mass is 343 g/mol. The zero-order valence-electron chi connectivity index (χ0n) is 12.9. The van der Waals surface area contributed by atoms with Gasteiger partial charge in [0.05, 0.1) is 11.8 Å². The van der Waals surface area contributed by atoms with E-state index in [1.54, 1.807) is 19.1 Å². The minimum atomic E-state index is -3.68. The molecule has 0 atom stereocenters. The lowest BCUT2D eigenvalue weighted by atomic mass is 10.2. The minimum absolute atomic E-state index is 0.435. The molecule has 4 aromatic rings. The normalized spacial score (nSPS) is 12.1. The predicted octanol–water partition coefficient (Wildman–Crippen LogP) is 2.54. The molecule has 0 saturated carbocycles. The van der Waals surface area contributed by atoms with Crippen molar-refractivity contribution < 1.29 is 17.1 Å². The quantitative estimate of drug-likeness (QED) is 0.568. The zero-order valence-corrected chi connectivity index (χ0v) is 13.7. The van der Waals surface area contributed by atoms with Crippen LogP contribution in [0.3, 0.4) is 0 Å². The summed E-state index contributed by atoms with van der Waals surface area (Å²) in [5.74, 6) is 0.882. The fourth-order valence-corrected chi connectivity index (χ4v) is 2.99. The number of para-hydroxylation sites is 2. The SMILES string of the molecule is Cc1nc2ccc(-c3nc4ccccc4o3)cc2n1OS(C)(=O)=O. The lowest BCUT2D eigenvalue weighted by Gasteiger charge is -2.06. The maximum Gasteiger partial charge on any atom is 0.324 e. The van der Waals surface area contributed by atoms with Crippen LogP contribution in [0.2, 0.25) is 0 Å². The van der Waals surface area contributed by atoms with Gasteiger partial charge in [-0.3, -0.25) is 4.28 Å². The molecule has 0 saturated heterocycles. The van der Waals surface area contributed by atoms with Gasteiger partial charge in [0.2, 0.25) is 5.89 Å². The van der Waals surface area contributed by atoms with E-state index in [2.05, 4.69) is 9.97 Å². The fourth-order valence-electron chi connectivity index (χ4n) is 2.53. The van der Waals surface area contributed by atoms with Crippen LogP contribution >= 0.6 is 0 Å². The second-order valence-corrected chi connectivity index (χ2v) is 6.98. The summed E-state index contributed by atoms with van der Waals surface area (Å²) in [4.78, 5) is 8.74. The summed E-state index contributed by atoms with van der Waals surface area (Å²) in [6, 6.07) is 12.8. The molecule has 8 heteroatoms. The van der Waals surface area contributed by atoms with Gasteiger partial charge in [-0.1, -0.05) is 12.1 Å². The average molecular weight is 343 g/mol. The molecule has 0 radical (unpaired) electrons. The highest BCUT2D eigenvalue weighted by atomic mass is 32.2. The number of aromatic nitrogens is 3. The lowest BCUT2D eigenvalue weighted by Crippen LogP contribution is -2.19. The Hall–Kier alpha value is -2.87. The summed E-state index contributed by atoms with van der Waals surface area (Å²) in [6.07, 6.45) is 0.989. The largest absolute Gasteiger partial charge is 0.436 e. The molecule has 7 nitrogen and oxygen atoms in total. The first kappa shape index (κ1) is 14.7. The molecule has 2 aromatic heterocycles. The Morgan fingerprint density at radius 2 is 1.88 bits per heavy atom. The molecule has 0 aliphatic heterocycles. The van der Waals surface area contributed by atoms with Crippen LogP contribution in [0.5, 0.6) is 0 Å². The van der Waals surface area contributed by atoms with Gasteiger partial charge in [0.25, 0.3) is 0 Å². The molecule has 24 heavy (non-hydrogen) atoms. The summed E-state index contributed by atoms with van der Waals surface area (Å²) in [5, 5.41) is 0. The number of imidazole rings is 1. The summed E-state index contributed by atoms with van der Waals surface area (Å²) in [6.45, 7) is 1.67. The standard InChI is InChI=1S/C16H13N3O4S/c1-10-17-12-8-7-11(9-14(12)19(10)23-24(2,20)21)16-18-13-5-3-4-6-15(13)22-16/h3-9H,1-2H3. The third-order valence-electron chi connectivity index (χ3n) is 3.52. The molecular weight excluding hydrogens is 330 g/mol. The molecule has 0 spiro atoms. The molecule has 0 N–H and O–H groups in total. The topological polar surface area (TPSA) is 87.2 Å². The first-order valence-electron chi connectivity index (χ1n) is 7.16. The highest BCUT2D eigenvalue weighted by molar-refractivity contribution is 7.86. The predicted molar refractivity (Wildman–Crippen MR) is 88.9 cm³/mol. The van der Waals surface area contributed by atoms with Crippen LogP contribution in [0.25, 0.3) is 33.6 Å². The molecule has 0 amide bonds. The van der Waals surface area contributed by atoms with Gasteiger partial charge < -0.3 is 4.42 Å². The number of hydrogen-bond acceptors (Lipinski definition) is 6. The number of rotatable bonds is 3. The van der Waals surface area contributed by atoms with E-state index >= 15 is 0 Å². The summed E-state index contributed by atoms with van der Waals surface area (Å²) in [5.41, 5.74) is 3.29. The van der Waals surface area contributed by atoms with Crippen LogP contribution in [-0.4, -0.2) is 29.4 Å². The molecule has 0 unspecified atom stereocenters. The van der Waals surface area contributed by atoms with E-state index in [1.807, 2.05) is 30.3 Å². The molecule has 0 aliphatic rings. The van der Waals surface area contributed by atoms with Gasteiger partial charge in [0.1, 0.15) is 16.9 Å². The molecule has 2 heterocycles. The number of hydrogen-bond donors (Lipinski definition) is 0. The third-order valence-corrected chi connectivity index (χ3v) is 3.94. The van der Waals surface area contributed by atoms with Crippen molar-refractivity contribution >= 4 is 32.3 Å². The van der Waals surface area contributed by atoms with Crippen molar-refractivity contribution in [2.75, 3.05) is 6.26 Å². The minimum Gasteiger partial charge on any atom is -0.436 e. The van der Waals surface area contributed by atoms with Crippen LogP contribution in [0.1, 0.15) is 5.82 Å². The van der Waals surface area contributed by atoms with Gasteiger partial charge in [0.15, 0.2) is 5.58 Å². The Kier molecular flexibility index (Phi) is 3.10. The highest BCUT2D eigenvalue weighted by Gasteiger charge is 2.15. The first-order valence-corrected chi connectivity index (χ1v) is 8.97. The molecule has 122 valence electrons. The number of benzene rings is 2. The van der Waals surface area contributed by atoms with Crippen molar-refractivity contribution in [2.45, 2.75) is 6.92 Å². The number of nitrogens with zero attached hydrogens (tertiary/aromatic N) is 3. The van der Waals surface area contributed by atoms with Gasteiger partial charge in [-0.15, -0.1) is 4.73 Å². The number of aryl methyl sites for hydroxylation is 1. The van der Waals surface area contributed by atoms with Crippen LogP contribution in [-0.2, 0) is 10.1 Å². The lowest BCUT2D eigenvalue weighted by molar-refractivity contribution is 0.286. The van der Waals surface area contributed by atoms with Crippen molar-refractivity contribution in [1.82, 2.24) is 14.7 Å². The molecule has 0 fully saturated rings. The van der Waals surface area contributed by atoms with Gasteiger partial charge in [-0.25, -0.2) is 9.97 Å². The van der Waals surface area contributed by atoms with Crippen molar-refractivity contribution in [3.8, 4) is 11.5 Å². The van der Waals surface area contributed by atoms with E-state index in [4.69, 9.17) is 8.70 Å². The second kappa shape index (κ2) is 5.07. The Bertz CT molecular complexity index is 1140. The van der Waals surface area contributed by atoms with Crippen molar-refractivity contribution in [3.63, 3.8) is 0 Å². The highest BCUT2D eigenvalue weighted by Crippen LogP contribution is 2.27. The van der Waals surface area contributed by atoms with Gasteiger partial charge in [-0.2, -0.15) is 8.42 Å². The Morgan fingerprint density at radius 1 is 1.08 bits per heavy atom. The van der Waals surface area contributed by atoms with E-state index < -0.39 is 10.1 Å². The molecular formula is C16H13N3O4S. The van der Waals surface area contributed by atoms with Crippen molar-refractivity contribution in [1.29, 1.82) is 0 Å². The smallest absolute Gasteiger partial charge is 0.324 e.